The second-order valence-electron chi connectivity index (χ2n) is 4.57. The quantitative estimate of drug-likeness (QED) is 0.753. The molecule has 0 radical (unpaired) electrons. The van der Waals surface area contributed by atoms with Crippen molar-refractivity contribution in [3.05, 3.63) is 35.9 Å². The second-order valence-corrected chi connectivity index (χ2v) is 4.94. The van der Waals surface area contributed by atoms with Crippen molar-refractivity contribution >= 4 is 16.8 Å². The molecule has 1 aromatic rings. The Hall–Kier alpha value is -0.860. The van der Waals surface area contributed by atoms with Gasteiger partial charge in [0, 0.05) is 25.6 Å². The Morgan fingerprint density at radius 3 is 2.62 bits per heavy atom. The number of hydrogen-bond donors (Lipinski definition) is 0. The van der Waals surface area contributed by atoms with Crippen molar-refractivity contribution in [3.63, 3.8) is 0 Å². The van der Waals surface area contributed by atoms with E-state index >= 15 is 0 Å². The highest BCUT2D eigenvalue weighted by molar-refractivity contribution is 6.64. The molecular weight excluding hydrogens is 222 g/mol. The van der Waals surface area contributed by atoms with Crippen LogP contribution >= 0.6 is 11.6 Å². The predicted octanol–water partition coefficient (Wildman–Crippen LogP) is 2.52. The lowest BCUT2D eigenvalue weighted by Crippen LogP contribution is -2.21. The number of hydrogen-bond acceptors (Lipinski definition) is 2. The molecule has 3 heteroatoms. The number of carbonyl (C=O) groups excluding carboxylic acids is 1. The SMILES string of the molecule is C[C@@H]1CN(Cc2ccccc2)C[C@@H]1C(=O)Cl. The van der Waals surface area contributed by atoms with Gasteiger partial charge in [0.25, 0.3) is 0 Å². The monoisotopic (exact) mass is 237 g/mol. The van der Waals surface area contributed by atoms with Crippen LogP contribution in [0.4, 0.5) is 0 Å². The number of rotatable bonds is 3. The second kappa shape index (κ2) is 4.98. The Bertz CT molecular complexity index is 365. The number of likely N-dealkylation sites (tertiary alicyclic amines) is 1. The van der Waals surface area contributed by atoms with Crippen molar-refractivity contribution < 1.29 is 4.79 Å². The fraction of sp³-hybridized carbons (Fsp3) is 0.462. The number of carbonyl (C=O) groups is 1. The molecule has 1 aromatic carbocycles. The smallest absolute Gasteiger partial charge is 0.226 e. The molecule has 16 heavy (non-hydrogen) atoms. The molecule has 86 valence electrons. The first kappa shape index (κ1) is 11.6. The Balaban J connectivity index is 1.96. The molecule has 2 rings (SSSR count). The maximum Gasteiger partial charge on any atom is 0.226 e. The molecule has 1 fully saturated rings. The fourth-order valence-electron chi connectivity index (χ4n) is 2.33. The van der Waals surface area contributed by atoms with Crippen molar-refractivity contribution in [3.8, 4) is 0 Å². The summed E-state index contributed by atoms with van der Waals surface area (Å²) in [7, 11) is 0. The van der Waals surface area contributed by atoms with Gasteiger partial charge in [0.2, 0.25) is 5.24 Å². The zero-order valence-electron chi connectivity index (χ0n) is 9.40. The molecule has 0 aliphatic carbocycles. The molecule has 0 aromatic heterocycles. The fourth-order valence-corrected chi connectivity index (χ4v) is 2.62. The van der Waals surface area contributed by atoms with E-state index in [1.165, 1.54) is 5.56 Å². The molecule has 0 N–H and O–H groups in total. The maximum atomic E-state index is 11.2. The highest BCUT2D eigenvalue weighted by Gasteiger charge is 2.33. The van der Waals surface area contributed by atoms with Gasteiger partial charge in [-0.2, -0.15) is 0 Å². The van der Waals surface area contributed by atoms with Gasteiger partial charge >= 0.3 is 0 Å². The van der Waals surface area contributed by atoms with Gasteiger partial charge < -0.3 is 0 Å². The summed E-state index contributed by atoms with van der Waals surface area (Å²) in [4.78, 5) is 13.5. The molecule has 2 nitrogen and oxygen atoms in total. The van der Waals surface area contributed by atoms with E-state index in [1.807, 2.05) is 18.2 Å². The molecule has 0 saturated carbocycles. The van der Waals surface area contributed by atoms with Gasteiger partial charge in [0.15, 0.2) is 0 Å². The van der Waals surface area contributed by atoms with E-state index in [1.54, 1.807) is 0 Å². The van der Waals surface area contributed by atoms with Gasteiger partial charge in [-0.1, -0.05) is 37.3 Å². The van der Waals surface area contributed by atoms with Crippen molar-refractivity contribution in [2.45, 2.75) is 13.5 Å². The average Bonchev–Trinajstić information content (AvgIpc) is 2.61. The molecule has 0 amide bonds. The summed E-state index contributed by atoms with van der Waals surface area (Å²) >= 11 is 5.58. The van der Waals surface area contributed by atoms with Crippen LogP contribution in [0.1, 0.15) is 12.5 Å². The summed E-state index contributed by atoms with van der Waals surface area (Å²) in [6.07, 6.45) is 0. The minimum atomic E-state index is -0.192. The molecule has 2 atom stereocenters. The minimum Gasteiger partial charge on any atom is -0.298 e. The van der Waals surface area contributed by atoms with Gasteiger partial charge in [-0.05, 0) is 23.1 Å². The summed E-state index contributed by atoms with van der Waals surface area (Å²) in [6.45, 7) is 4.75. The highest BCUT2D eigenvalue weighted by Crippen LogP contribution is 2.26. The van der Waals surface area contributed by atoms with E-state index in [-0.39, 0.29) is 11.2 Å². The average molecular weight is 238 g/mol. The Kier molecular flexibility index (Phi) is 3.62. The third-order valence-corrected chi connectivity index (χ3v) is 3.51. The van der Waals surface area contributed by atoms with Crippen molar-refractivity contribution in [1.29, 1.82) is 0 Å². The van der Waals surface area contributed by atoms with Gasteiger partial charge in [-0.3, -0.25) is 9.69 Å². The minimum absolute atomic E-state index is 0.00498. The van der Waals surface area contributed by atoms with Crippen molar-refractivity contribution in [2.24, 2.45) is 11.8 Å². The normalized spacial score (nSPS) is 25.9. The Morgan fingerprint density at radius 2 is 2.06 bits per heavy atom. The summed E-state index contributed by atoms with van der Waals surface area (Å²) in [5.41, 5.74) is 1.29. The molecular formula is C13H16ClNO. The highest BCUT2D eigenvalue weighted by atomic mass is 35.5. The van der Waals surface area contributed by atoms with Crippen LogP contribution in [0.5, 0.6) is 0 Å². The number of nitrogens with zero attached hydrogens (tertiary/aromatic N) is 1. The van der Waals surface area contributed by atoms with Crippen LogP contribution in [0.25, 0.3) is 0 Å². The van der Waals surface area contributed by atoms with Crippen LogP contribution in [0, 0.1) is 11.8 Å². The first-order valence-corrected chi connectivity index (χ1v) is 6.00. The van der Waals surface area contributed by atoms with Crippen LogP contribution in [-0.4, -0.2) is 23.2 Å². The lowest BCUT2D eigenvalue weighted by molar-refractivity contribution is -0.115. The summed E-state index contributed by atoms with van der Waals surface area (Å²) < 4.78 is 0. The number of halogens is 1. The van der Waals surface area contributed by atoms with Crippen LogP contribution in [0.15, 0.2) is 30.3 Å². The van der Waals surface area contributed by atoms with Crippen LogP contribution in [-0.2, 0) is 11.3 Å². The lowest BCUT2D eigenvalue weighted by atomic mass is 10.0. The third kappa shape index (κ3) is 2.63. The van der Waals surface area contributed by atoms with E-state index in [2.05, 4.69) is 24.0 Å². The summed E-state index contributed by atoms with van der Waals surface area (Å²) in [6, 6.07) is 10.3. The van der Waals surface area contributed by atoms with E-state index in [4.69, 9.17) is 11.6 Å². The molecule has 1 saturated heterocycles. The van der Waals surface area contributed by atoms with Gasteiger partial charge in [-0.25, -0.2) is 0 Å². The van der Waals surface area contributed by atoms with E-state index in [0.29, 0.717) is 5.92 Å². The third-order valence-electron chi connectivity index (χ3n) is 3.23. The molecule has 0 unspecified atom stereocenters. The standard InChI is InChI=1S/C13H16ClNO/c1-10-7-15(9-12(10)13(14)16)8-11-5-3-2-4-6-11/h2-6,10,12H,7-9H2,1H3/t10-,12+/m1/s1. The van der Waals surface area contributed by atoms with E-state index < -0.39 is 0 Å². The topological polar surface area (TPSA) is 20.3 Å². The first-order chi connectivity index (χ1) is 7.66. The van der Waals surface area contributed by atoms with Gasteiger partial charge in [0.1, 0.15) is 0 Å². The zero-order chi connectivity index (χ0) is 11.5. The number of benzene rings is 1. The molecule has 1 heterocycles. The lowest BCUT2D eigenvalue weighted by Gasteiger charge is -2.14. The van der Waals surface area contributed by atoms with Crippen LogP contribution in [0.3, 0.4) is 0 Å². The van der Waals surface area contributed by atoms with Crippen LogP contribution < -0.4 is 0 Å². The maximum absolute atomic E-state index is 11.2. The summed E-state index contributed by atoms with van der Waals surface area (Å²) in [5, 5.41) is -0.192. The molecule has 0 bridgehead atoms. The van der Waals surface area contributed by atoms with Gasteiger partial charge in [0.05, 0.1) is 0 Å². The van der Waals surface area contributed by atoms with E-state index in [0.717, 1.165) is 19.6 Å². The van der Waals surface area contributed by atoms with Crippen molar-refractivity contribution in [1.82, 2.24) is 4.90 Å². The largest absolute Gasteiger partial charge is 0.298 e. The molecule has 1 aliphatic heterocycles. The molecule has 1 aliphatic rings. The van der Waals surface area contributed by atoms with Crippen LogP contribution in [0.2, 0.25) is 0 Å². The molecule has 0 spiro atoms. The zero-order valence-corrected chi connectivity index (χ0v) is 10.2. The van der Waals surface area contributed by atoms with Gasteiger partial charge in [-0.15, -0.1) is 0 Å². The van der Waals surface area contributed by atoms with Crippen molar-refractivity contribution in [2.75, 3.05) is 13.1 Å². The Labute approximate surface area is 101 Å². The predicted molar refractivity (Wildman–Crippen MR) is 65.2 cm³/mol. The first-order valence-electron chi connectivity index (χ1n) is 5.62. The van der Waals surface area contributed by atoms with E-state index in [9.17, 15) is 4.79 Å². The summed E-state index contributed by atoms with van der Waals surface area (Å²) in [5.74, 6) is 0.374. The Morgan fingerprint density at radius 1 is 1.38 bits per heavy atom.